The zero-order valence-corrected chi connectivity index (χ0v) is 9.74. The summed E-state index contributed by atoms with van der Waals surface area (Å²) in [4.78, 5) is 10.8. The summed E-state index contributed by atoms with van der Waals surface area (Å²) in [7, 11) is 0. The largest absolute Gasteiger partial charge is 0.356 e. The number of hydrogen-bond donors (Lipinski definition) is 1. The van der Waals surface area contributed by atoms with Gasteiger partial charge in [-0.1, -0.05) is 20.8 Å². The summed E-state index contributed by atoms with van der Waals surface area (Å²) in [6, 6.07) is 0. The second-order valence-electron chi connectivity index (χ2n) is 6.47. The van der Waals surface area contributed by atoms with E-state index in [1.807, 2.05) is 0 Å². The van der Waals surface area contributed by atoms with E-state index in [9.17, 15) is 4.79 Å². The number of hydrogen-bond acceptors (Lipinski definition) is 1. The first-order valence-electron chi connectivity index (χ1n) is 5.53. The van der Waals surface area contributed by atoms with Crippen LogP contribution in [-0.2, 0) is 4.79 Å². The molecule has 1 N–H and O–H groups in total. The van der Waals surface area contributed by atoms with Gasteiger partial charge in [-0.2, -0.15) is 0 Å². The molecule has 0 aromatic rings. The fourth-order valence-corrected chi connectivity index (χ4v) is 3.29. The first-order chi connectivity index (χ1) is 6.29. The van der Waals surface area contributed by atoms with E-state index in [2.05, 4.69) is 26.1 Å². The molecule has 0 heterocycles. The predicted octanol–water partition coefficient (Wildman–Crippen LogP) is 2.34. The van der Waals surface area contributed by atoms with Crippen molar-refractivity contribution in [3.63, 3.8) is 0 Å². The molecule has 3 aliphatic rings. The second kappa shape index (κ2) is 2.53. The van der Waals surface area contributed by atoms with Crippen molar-refractivity contribution in [2.24, 2.45) is 16.2 Å². The average Bonchev–Trinajstić information content (AvgIpc) is 1.76. The predicted molar refractivity (Wildman–Crippen MR) is 56.9 cm³/mol. The summed E-state index contributed by atoms with van der Waals surface area (Å²) in [5.41, 5.74) is 1.54. The van der Waals surface area contributed by atoms with E-state index in [-0.39, 0.29) is 5.91 Å². The Kier molecular flexibility index (Phi) is 1.81. The zero-order valence-electron chi connectivity index (χ0n) is 9.74. The highest BCUT2D eigenvalue weighted by Gasteiger charge is 2.70. The molecule has 2 heteroatoms. The van der Waals surface area contributed by atoms with Gasteiger partial charge in [0.15, 0.2) is 0 Å². The summed E-state index contributed by atoms with van der Waals surface area (Å²) in [5.74, 6) is 0.111. The lowest BCUT2D eigenvalue weighted by Crippen LogP contribution is -2.69. The summed E-state index contributed by atoms with van der Waals surface area (Å²) >= 11 is 0. The number of nitrogens with one attached hydrogen (secondary N) is 1. The van der Waals surface area contributed by atoms with Crippen molar-refractivity contribution >= 4 is 5.91 Å². The summed E-state index contributed by atoms with van der Waals surface area (Å²) < 4.78 is 0. The fraction of sp³-hybridized carbons (Fsp3) is 0.917. The first kappa shape index (κ1) is 10.0. The van der Waals surface area contributed by atoms with E-state index in [1.54, 1.807) is 6.92 Å². The third-order valence-corrected chi connectivity index (χ3v) is 4.44. The lowest BCUT2D eigenvalue weighted by Gasteiger charge is -2.76. The standard InChI is InChI=1S/C12H21NO/c1-9(14)13-8-11-5-12(6-11,7-11)10(2,3)4/h5-8H2,1-4H3,(H,13,14). The zero-order chi connectivity index (χ0) is 10.6. The van der Waals surface area contributed by atoms with Crippen LogP contribution >= 0.6 is 0 Å². The minimum atomic E-state index is 0.111. The molecule has 3 fully saturated rings. The van der Waals surface area contributed by atoms with Gasteiger partial charge < -0.3 is 5.32 Å². The van der Waals surface area contributed by atoms with Crippen LogP contribution < -0.4 is 5.32 Å². The Morgan fingerprint density at radius 2 is 1.79 bits per heavy atom. The minimum absolute atomic E-state index is 0.111. The monoisotopic (exact) mass is 195 g/mol. The molecule has 0 saturated heterocycles. The van der Waals surface area contributed by atoms with Crippen LogP contribution in [0.5, 0.6) is 0 Å². The van der Waals surface area contributed by atoms with Crippen molar-refractivity contribution in [2.45, 2.75) is 47.0 Å². The van der Waals surface area contributed by atoms with Gasteiger partial charge in [0.2, 0.25) is 5.91 Å². The molecule has 3 rings (SSSR count). The van der Waals surface area contributed by atoms with Crippen molar-refractivity contribution in [3.8, 4) is 0 Å². The summed E-state index contributed by atoms with van der Waals surface area (Å²) in [6.07, 6.45) is 3.97. The fourth-order valence-electron chi connectivity index (χ4n) is 3.29. The number of amides is 1. The number of rotatable bonds is 2. The molecule has 2 nitrogen and oxygen atoms in total. The molecule has 0 spiro atoms. The van der Waals surface area contributed by atoms with Crippen LogP contribution in [-0.4, -0.2) is 12.5 Å². The van der Waals surface area contributed by atoms with Crippen LogP contribution in [0.4, 0.5) is 0 Å². The summed E-state index contributed by atoms with van der Waals surface area (Å²) in [5, 5.41) is 2.96. The highest BCUT2D eigenvalue weighted by Crippen LogP contribution is 2.78. The third-order valence-electron chi connectivity index (χ3n) is 4.44. The van der Waals surface area contributed by atoms with Crippen LogP contribution in [0.25, 0.3) is 0 Å². The SMILES string of the molecule is CC(=O)NCC12CC(C(C)(C)C)(C1)C2. The molecule has 1 amide bonds. The molecule has 3 saturated carbocycles. The molecule has 0 aliphatic heterocycles. The van der Waals surface area contributed by atoms with Gasteiger partial charge in [-0.15, -0.1) is 0 Å². The van der Waals surface area contributed by atoms with Crippen molar-refractivity contribution in [3.05, 3.63) is 0 Å². The van der Waals surface area contributed by atoms with Crippen molar-refractivity contribution in [1.82, 2.24) is 5.32 Å². The van der Waals surface area contributed by atoms with Gasteiger partial charge in [0, 0.05) is 13.5 Å². The molecule has 0 atom stereocenters. The number of carbonyl (C=O) groups is 1. The molecule has 2 bridgehead atoms. The first-order valence-corrected chi connectivity index (χ1v) is 5.53. The van der Waals surface area contributed by atoms with Crippen LogP contribution in [0.2, 0.25) is 0 Å². The maximum absolute atomic E-state index is 10.8. The quantitative estimate of drug-likeness (QED) is 0.720. The molecular weight excluding hydrogens is 174 g/mol. The van der Waals surface area contributed by atoms with E-state index in [4.69, 9.17) is 0 Å². The molecule has 80 valence electrons. The molecule has 3 aliphatic carbocycles. The number of carbonyl (C=O) groups excluding carboxylic acids is 1. The molecule has 0 radical (unpaired) electrons. The lowest BCUT2D eigenvalue weighted by molar-refractivity contribution is -0.255. The summed E-state index contributed by atoms with van der Waals surface area (Å²) in [6.45, 7) is 9.53. The Hall–Kier alpha value is -0.530. The molecule has 0 aromatic heterocycles. The molecule has 0 aromatic carbocycles. The van der Waals surface area contributed by atoms with Crippen molar-refractivity contribution in [2.75, 3.05) is 6.54 Å². The Bertz CT molecular complexity index is 255. The third kappa shape index (κ3) is 1.19. The molecular formula is C12H21NO. The van der Waals surface area contributed by atoms with Gasteiger partial charge >= 0.3 is 0 Å². The van der Waals surface area contributed by atoms with Gasteiger partial charge in [-0.25, -0.2) is 0 Å². The lowest BCUT2D eigenvalue weighted by atomic mass is 9.29. The van der Waals surface area contributed by atoms with Crippen molar-refractivity contribution in [1.29, 1.82) is 0 Å². The maximum atomic E-state index is 10.8. The van der Waals surface area contributed by atoms with Crippen LogP contribution in [0, 0.1) is 16.2 Å². The smallest absolute Gasteiger partial charge is 0.216 e. The Morgan fingerprint density at radius 3 is 2.14 bits per heavy atom. The van der Waals surface area contributed by atoms with Gasteiger partial charge in [-0.3, -0.25) is 4.79 Å². The van der Waals surface area contributed by atoms with Crippen LogP contribution in [0.1, 0.15) is 47.0 Å². The normalized spacial score (nSPS) is 39.7. The highest BCUT2D eigenvalue weighted by atomic mass is 16.1. The van der Waals surface area contributed by atoms with Crippen LogP contribution in [0.3, 0.4) is 0 Å². The second-order valence-corrected chi connectivity index (χ2v) is 6.47. The van der Waals surface area contributed by atoms with Crippen LogP contribution in [0.15, 0.2) is 0 Å². The van der Waals surface area contributed by atoms with Gasteiger partial charge in [-0.05, 0) is 35.5 Å². The van der Waals surface area contributed by atoms with Crippen molar-refractivity contribution < 1.29 is 4.79 Å². The Balaban J connectivity index is 1.86. The average molecular weight is 195 g/mol. The molecule has 14 heavy (non-hydrogen) atoms. The Morgan fingerprint density at radius 1 is 1.29 bits per heavy atom. The Labute approximate surface area is 86.5 Å². The maximum Gasteiger partial charge on any atom is 0.216 e. The van der Waals surface area contributed by atoms with E-state index in [0.717, 1.165) is 6.54 Å². The minimum Gasteiger partial charge on any atom is -0.356 e. The van der Waals surface area contributed by atoms with Gasteiger partial charge in [0.1, 0.15) is 0 Å². The van der Waals surface area contributed by atoms with Gasteiger partial charge in [0.05, 0.1) is 0 Å². The van der Waals surface area contributed by atoms with Gasteiger partial charge in [0.25, 0.3) is 0 Å². The van der Waals surface area contributed by atoms with E-state index >= 15 is 0 Å². The topological polar surface area (TPSA) is 29.1 Å². The molecule has 0 unspecified atom stereocenters. The van der Waals surface area contributed by atoms with E-state index in [0.29, 0.717) is 16.2 Å². The van der Waals surface area contributed by atoms with E-state index in [1.165, 1.54) is 19.3 Å². The van der Waals surface area contributed by atoms with E-state index < -0.39 is 0 Å². The highest BCUT2D eigenvalue weighted by molar-refractivity contribution is 5.72.